The maximum absolute atomic E-state index is 12.6. The molecule has 2 amide bonds. The number of carbonyl (C=O) groups excluding carboxylic acids is 1. The molecule has 0 bridgehead atoms. The zero-order valence-corrected chi connectivity index (χ0v) is 15.7. The van der Waals surface area contributed by atoms with Crippen LogP contribution in [0.1, 0.15) is 44.9 Å². The monoisotopic (exact) mass is 367 g/mol. The zero-order chi connectivity index (χ0) is 18.1. The number of hydrogen-bond donors (Lipinski definition) is 1. The molecule has 2 aliphatic heterocycles. The van der Waals surface area contributed by atoms with Gasteiger partial charge in [0, 0.05) is 50.2 Å². The highest BCUT2D eigenvalue weighted by Gasteiger charge is 2.40. The summed E-state index contributed by atoms with van der Waals surface area (Å²) in [5.74, 6) is 1.16. The topological polar surface area (TPSA) is 89.9 Å². The normalized spacial score (nSPS) is 22.1. The molecule has 8 nitrogen and oxygen atoms in total. The Balaban J connectivity index is 1.57. The molecule has 0 saturated carbocycles. The fourth-order valence-corrected chi connectivity index (χ4v) is 4.36. The van der Waals surface area contributed by atoms with E-state index in [1.807, 2.05) is 4.90 Å². The molecule has 2 saturated heterocycles. The zero-order valence-electron chi connectivity index (χ0n) is 14.9. The molecule has 138 valence electrons. The summed E-state index contributed by atoms with van der Waals surface area (Å²) in [5, 5.41) is 10.1. The quantitative estimate of drug-likeness (QED) is 0.873. The van der Waals surface area contributed by atoms with Gasteiger partial charge in [0.15, 0.2) is 0 Å². The lowest BCUT2D eigenvalue weighted by Gasteiger charge is -2.36. The number of rotatable bonds is 4. The summed E-state index contributed by atoms with van der Waals surface area (Å²) in [6.07, 6.45) is 1.29. The van der Waals surface area contributed by atoms with Crippen molar-refractivity contribution in [3.05, 3.63) is 5.82 Å². The van der Waals surface area contributed by atoms with Crippen LogP contribution in [0, 0.1) is 0 Å². The van der Waals surface area contributed by atoms with Gasteiger partial charge in [0.05, 0.1) is 0 Å². The number of likely N-dealkylation sites (N-methyl/N-ethyl adjacent to an activating group) is 1. The van der Waals surface area contributed by atoms with E-state index in [1.165, 1.54) is 18.6 Å². The molecule has 1 atom stereocenters. The SMILES string of the molecule is CC(C)c1nsc(N2CCC(N3CCC(N(C)C(=O)O)C3=O)CC2)n1. The lowest BCUT2D eigenvalue weighted by atomic mass is 10.0. The highest BCUT2D eigenvalue weighted by atomic mass is 32.1. The fraction of sp³-hybridized carbons (Fsp3) is 0.750. The van der Waals surface area contributed by atoms with E-state index in [-0.39, 0.29) is 11.9 Å². The minimum absolute atomic E-state index is 0.0543. The molecule has 1 N–H and O–H groups in total. The molecule has 1 aromatic heterocycles. The summed E-state index contributed by atoms with van der Waals surface area (Å²) in [6.45, 7) is 6.51. The first-order chi connectivity index (χ1) is 11.9. The predicted molar refractivity (Wildman–Crippen MR) is 95.1 cm³/mol. The number of carbonyl (C=O) groups is 2. The summed E-state index contributed by atoms with van der Waals surface area (Å²) < 4.78 is 4.41. The maximum atomic E-state index is 12.6. The molecule has 1 unspecified atom stereocenters. The Morgan fingerprint density at radius 2 is 1.96 bits per heavy atom. The predicted octanol–water partition coefficient (Wildman–Crippen LogP) is 1.84. The van der Waals surface area contributed by atoms with Crippen LogP contribution < -0.4 is 4.90 Å². The Morgan fingerprint density at radius 1 is 1.28 bits per heavy atom. The molecular formula is C16H25N5O3S. The Hall–Kier alpha value is -1.90. The first-order valence-electron chi connectivity index (χ1n) is 8.73. The number of anilines is 1. The van der Waals surface area contributed by atoms with Crippen LogP contribution in [-0.4, -0.2) is 75.0 Å². The van der Waals surface area contributed by atoms with Crippen LogP contribution in [0.3, 0.4) is 0 Å². The summed E-state index contributed by atoms with van der Waals surface area (Å²) in [4.78, 5) is 33.5. The molecule has 2 aliphatic rings. The van der Waals surface area contributed by atoms with E-state index in [4.69, 9.17) is 5.11 Å². The average molecular weight is 367 g/mol. The van der Waals surface area contributed by atoms with Gasteiger partial charge in [-0.1, -0.05) is 13.8 Å². The van der Waals surface area contributed by atoms with E-state index >= 15 is 0 Å². The highest BCUT2D eigenvalue weighted by molar-refractivity contribution is 7.09. The van der Waals surface area contributed by atoms with E-state index in [9.17, 15) is 9.59 Å². The number of piperidine rings is 1. The van der Waals surface area contributed by atoms with Crippen LogP contribution in [0.4, 0.5) is 9.93 Å². The van der Waals surface area contributed by atoms with Crippen molar-refractivity contribution in [2.75, 3.05) is 31.6 Å². The van der Waals surface area contributed by atoms with Gasteiger partial charge in [0.1, 0.15) is 11.9 Å². The van der Waals surface area contributed by atoms with Crippen LogP contribution >= 0.6 is 11.5 Å². The van der Waals surface area contributed by atoms with Gasteiger partial charge in [-0.2, -0.15) is 4.37 Å². The first-order valence-corrected chi connectivity index (χ1v) is 9.50. The summed E-state index contributed by atoms with van der Waals surface area (Å²) in [5.41, 5.74) is 0. The Morgan fingerprint density at radius 3 is 2.52 bits per heavy atom. The largest absolute Gasteiger partial charge is 0.465 e. The number of hydrogen-bond acceptors (Lipinski definition) is 6. The molecule has 0 aliphatic carbocycles. The molecule has 3 rings (SSSR count). The molecule has 2 fully saturated rings. The van der Waals surface area contributed by atoms with Gasteiger partial charge in [-0.15, -0.1) is 0 Å². The second kappa shape index (κ2) is 7.15. The molecule has 9 heteroatoms. The molecule has 3 heterocycles. The van der Waals surface area contributed by atoms with Gasteiger partial charge in [0.25, 0.3) is 0 Å². The van der Waals surface area contributed by atoms with Crippen molar-refractivity contribution < 1.29 is 14.7 Å². The Kier molecular flexibility index (Phi) is 5.12. The van der Waals surface area contributed by atoms with E-state index < -0.39 is 12.1 Å². The number of likely N-dealkylation sites (tertiary alicyclic amines) is 1. The van der Waals surface area contributed by atoms with E-state index in [2.05, 4.69) is 28.1 Å². The van der Waals surface area contributed by atoms with E-state index in [0.717, 1.165) is 41.8 Å². The Bertz CT molecular complexity index is 641. The molecule has 0 spiro atoms. The second-order valence-corrected chi connectivity index (χ2v) is 7.77. The molecule has 1 aromatic rings. The lowest BCUT2D eigenvalue weighted by Crippen LogP contribution is -2.48. The summed E-state index contributed by atoms with van der Waals surface area (Å²) >= 11 is 1.44. The van der Waals surface area contributed by atoms with Crippen LogP contribution in [0.5, 0.6) is 0 Å². The van der Waals surface area contributed by atoms with Crippen LogP contribution in [0.15, 0.2) is 0 Å². The third-order valence-corrected chi connectivity index (χ3v) is 5.90. The minimum Gasteiger partial charge on any atom is -0.465 e. The third-order valence-electron chi connectivity index (χ3n) is 5.10. The van der Waals surface area contributed by atoms with Crippen molar-refractivity contribution in [3.8, 4) is 0 Å². The fourth-order valence-electron chi connectivity index (χ4n) is 3.50. The standard InChI is InChI=1S/C16H25N5O3S/c1-10(2)13-17-15(25-18-13)20-7-4-11(5-8-20)21-9-6-12(14(21)22)19(3)16(23)24/h10-12H,4-9H2,1-3H3,(H,23,24). The highest BCUT2D eigenvalue weighted by Crippen LogP contribution is 2.28. The number of aromatic nitrogens is 2. The van der Waals surface area contributed by atoms with Crippen molar-refractivity contribution in [3.63, 3.8) is 0 Å². The van der Waals surface area contributed by atoms with E-state index in [1.54, 1.807) is 0 Å². The van der Waals surface area contributed by atoms with Gasteiger partial charge in [-0.05, 0) is 19.3 Å². The minimum atomic E-state index is -1.05. The molecular weight excluding hydrogens is 342 g/mol. The van der Waals surface area contributed by atoms with Crippen LogP contribution in [0.25, 0.3) is 0 Å². The van der Waals surface area contributed by atoms with Crippen molar-refractivity contribution in [2.24, 2.45) is 0 Å². The van der Waals surface area contributed by atoms with Gasteiger partial charge in [-0.3, -0.25) is 9.69 Å². The Labute approximate surface area is 151 Å². The van der Waals surface area contributed by atoms with Crippen molar-refractivity contribution in [1.29, 1.82) is 0 Å². The number of carboxylic acid groups (broad SMARTS) is 1. The van der Waals surface area contributed by atoms with Gasteiger partial charge >= 0.3 is 6.09 Å². The second-order valence-electron chi connectivity index (χ2n) is 7.04. The number of nitrogens with zero attached hydrogens (tertiary/aromatic N) is 5. The van der Waals surface area contributed by atoms with Gasteiger partial charge < -0.3 is 14.9 Å². The molecule has 25 heavy (non-hydrogen) atoms. The van der Waals surface area contributed by atoms with Crippen LogP contribution in [-0.2, 0) is 4.79 Å². The third kappa shape index (κ3) is 3.56. The van der Waals surface area contributed by atoms with Gasteiger partial charge in [0.2, 0.25) is 11.0 Å². The number of amides is 2. The summed E-state index contributed by atoms with van der Waals surface area (Å²) in [6, 6.07) is -0.347. The molecule has 0 radical (unpaired) electrons. The summed E-state index contributed by atoms with van der Waals surface area (Å²) in [7, 11) is 1.47. The van der Waals surface area contributed by atoms with Crippen LogP contribution in [0.2, 0.25) is 0 Å². The van der Waals surface area contributed by atoms with Gasteiger partial charge in [-0.25, -0.2) is 9.78 Å². The van der Waals surface area contributed by atoms with Crippen molar-refractivity contribution >= 4 is 28.7 Å². The first kappa shape index (κ1) is 17.9. The average Bonchev–Trinajstić information content (AvgIpc) is 3.21. The maximum Gasteiger partial charge on any atom is 0.407 e. The smallest absolute Gasteiger partial charge is 0.407 e. The van der Waals surface area contributed by atoms with Crippen molar-refractivity contribution in [1.82, 2.24) is 19.2 Å². The van der Waals surface area contributed by atoms with Crippen molar-refractivity contribution in [2.45, 2.75) is 51.1 Å². The molecule has 0 aromatic carbocycles. The lowest BCUT2D eigenvalue weighted by molar-refractivity contribution is -0.133. The van der Waals surface area contributed by atoms with E-state index in [0.29, 0.717) is 18.9 Å².